The molecule has 2 aromatic heterocycles. The van der Waals surface area contributed by atoms with E-state index in [0.29, 0.717) is 11.4 Å². The molecule has 2 heterocycles. The first kappa shape index (κ1) is 22.3. The molecule has 0 aliphatic carbocycles. The maximum absolute atomic E-state index is 12.6. The van der Waals surface area contributed by atoms with Crippen molar-refractivity contribution in [3.05, 3.63) is 112 Å². The van der Waals surface area contributed by atoms with Crippen molar-refractivity contribution >= 4 is 29.0 Å². The topological polar surface area (TPSA) is 126 Å². The fourth-order valence-corrected chi connectivity index (χ4v) is 3.38. The lowest BCUT2D eigenvalue weighted by Crippen LogP contribution is -2.31. The Kier molecular flexibility index (Phi) is 6.68. The first-order valence-corrected chi connectivity index (χ1v) is 10.4. The van der Waals surface area contributed by atoms with Gasteiger partial charge in [0.05, 0.1) is 11.5 Å². The molecule has 4 rings (SSSR count). The molecule has 10 nitrogen and oxygen atoms in total. The summed E-state index contributed by atoms with van der Waals surface area (Å²) in [7, 11) is 0. The second kappa shape index (κ2) is 10.2. The number of pyridine rings is 1. The summed E-state index contributed by atoms with van der Waals surface area (Å²) in [5.74, 6) is -0.0809. The van der Waals surface area contributed by atoms with Crippen molar-refractivity contribution in [1.29, 1.82) is 0 Å². The average Bonchev–Trinajstić information content (AvgIpc) is 2.87. The number of aryl methyl sites for hydroxylation is 1. The van der Waals surface area contributed by atoms with E-state index < -0.39 is 16.5 Å². The van der Waals surface area contributed by atoms with Crippen LogP contribution in [0.25, 0.3) is 0 Å². The number of nitrogens with one attached hydrogen (secondary N) is 2. The van der Waals surface area contributed by atoms with Crippen LogP contribution in [0.1, 0.15) is 21.5 Å². The molecule has 0 atom stereocenters. The molecule has 34 heavy (non-hydrogen) atoms. The third-order valence-electron chi connectivity index (χ3n) is 5.03. The molecule has 0 spiro atoms. The van der Waals surface area contributed by atoms with Crippen LogP contribution in [0, 0.1) is 17.0 Å². The summed E-state index contributed by atoms with van der Waals surface area (Å²) in [5, 5.41) is 12.1. The maximum atomic E-state index is 12.6. The number of rotatable bonds is 8. The number of hydrogen-bond acceptors (Lipinski definition) is 8. The molecule has 2 N–H and O–H groups in total. The molecule has 0 unspecified atom stereocenters. The lowest BCUT2D eigenvalue weighted by molar-refractivity contribution is -0.383. The molecule has 4 aromatic rings. The van der Waals surface area contributed by atoms with Crippen LogP contribution in [0.3, 0.4) is 0 Å². The standard InChI is InChI=1S/C24H21N7O3/c1-17-9-5-6-12-19(17)24(32)29-28-22-21(31(33)34)23(27-16-26-22)30(20-13-7-8-14-25-20)15-18-10-3-2-4-11-18/h2-14,16H,15H2,1H3,(H,29,32)(H,26,27,28). The van der Waals surface area contributed by atoms with E-state index in [0.717, 1.165) is 11.1 Å². The van der Waals surface area contributed by atoms with Gasteiger partial charge in [-0.1, -0.05) is 54.6 Å². The molecule has 170 valence electrons. The summed E-state index contributed by atoms with van der Waals surface area (Å²) in [5.41, 5.74) is 6.80. The summed E-state index contributed by atoms with van der Waals surface area (Å²) in [6, 6.07) is 21.8. The van der Waals surface area contributed by atoms with Gasteiger partial charge in [-0.15, -0.1) is 0 Å². The van der Waals surface area contributed by atoms with Crippen molar-refractivity contribution in [3.63, 3.8) is 0 Å². The fraction of sp³-hybridized carbons (Fsp3) is 0.0833. The Morgan fingerprint density at radius 2 is 1.71 bits per heavy atom. The molecular formula is C24H21N7O3. The van der Waals surface area contributed by atoms with E-state index in [4.69, 9.17) is 0 Å². The van der Waals surface area contributed by atoms with Crippen LogP contribution in [-0.4, -0.2) is 25.8 Å². The van der Waals surface area contributed by atoms with Crippen LogP contribution in [0.2, 0.25) is 0 Å². The number of aromatic nitrogens is 3. The van der Waals surface area contributed by atoms with Gasteiger partial charge in [0.2, 0.25) is 11.6 Å². The van der Waals surface area contributed by atoms with E-state index in [1.807, 2.05) is 36.4 Å². The normalized spacial score (nSPS) is 10.4. The molecule has 0 aliphatic rings. The Hall–Kier alpha value is -4.86. The first-order chi connectivity index (χ1) is 16.5. The van der Waals surface area contributed by atoms with Crippen LogP contribution >= 0.6 is 0 Å². The molecule has 0 aliphatic heterocycles. The predicted molar refractivity (Wildman–Crippen MR) is 127 cm³/mol. The van der Waals surface area contributed by atoms with Crippen molar-refractivity contribution in [1.82, 2.24) is 20.4 Å². The highest BCUT2D eigenvalue weighted by molar-refractivity contribution is 5.96. The summed E-state index contributed by atoms with van der Waals surface area (Å²) < 4.78 is 0. The van der Waals surface area contributed by atoms with Crippen LogP contribution in [0.15, 0.2) is 85.3 Å². The summed E-state index contributed by atoms with van der Waals surface area (Å²) >= 11 is 0. The smallest absolute Gasteiger partial charge is 0.301 e. The quantitative estimate of drug-likeness (QED) is 0.299. The van der Waals surface area contributed by atoms with Gasteiger partial charge in [-0.2, -0.15) is 0 Å². The molecule has 1 amide bonds. The highest BCUT2D eigenvalue weighted by Crippen LogP contribution is 2.35. The van der Waals surface area contributed by atoms with Crippen molar-refractivity contribution < 1.29 is 9.72 Å². The number of carbonyl (C=O) groups excluding carboxylic acids is 1. The highest BCUT2D eigenvalue weighted by Gasteiger charge is 2.29. The second-order valence-electron chi connectivity index (χ2n) is 7.31. The van der Waals surface area contributed by atoms with E-state index in [1.165, 1.54) is 6.33 Å². The lowest BCUT2D eigenvalue weighted by atomic mass is 10.1. The van der Waals surface area contributed by atoms with Gasteiger partial charge in [0.1, 0.15) is 12.1 Å². The largest absolute Gasteiger partial charge is 0.355 e. The highest BCUT2D eigenvalue weighted by atomic mass is 16.6. The van der Waals surface area contributed by atoms with Gasteiger partial charge in [-0.25, -0.2) is 15.0 Å². The van der Waals surface area contributed by atoms with E-state index in [-0.39, 0.29) is 18.2 Å². The van der Waals surface area contributed by atoms with Crippen molar-refractivity contribution in [2.75, 3.05) is 10.3 Å². The van der Waals surface area contributed by atoms with E-state index in [2.05, 4.69) is 25.8 Å². The molecule has 2 aromatic carbocycles. The Morgan fingerprint density at radius 1 is 0.971 bits per heavy atom. The number of nitrogens with zero attached hydrogens (tertiary/aromatic N) is 5. The maximum Gasteiger partial charge on any atom is 0.355 e. The Labute approximate surface area is 195 Å². The number of amides is 1. The van der Waals surface area contributed by atoms with Gasteiger partial charge < -0.3 is 4.90 Å². The van der Waals surface area contributed by atoms with Crippen LogP contribution < -0.4 is 15.8 Å². The van der Waals surface area contributed by atoms with Gasteiger partial charge in [-0.05, 0) is 36.2 Å². The monoisotopic (exact) mass is 455 g/mol. The average molecular weight is 455 g/mol. The SMILES string of the molecule is Cc1ccccc1C(=O)NNc1ncnc(N(Cc2ccccc2)c2ccccn2)c1[N+](=O)[O-]. The van der Waals surface area contributed by atoms with E-state index >= 15 is 0 Å². The lowest BCUT2D eigenvalue weighted by Gasteiger charge is -2.23. The molecule has 10 heteroatoms. The Morgan fingerprint density at radius 3 is 2.41 bits per heavy atom. The number of carbonyl (C=O) groups is 1. The summed E-state index contributed by atoms with van der Waals surface area (Å²) in [6.07, 6.45) is 2.80. The van der Waals surface area contributed by atoms with Gasteiger partial charge in [-0.3, -0.25) is 25.8 Å². The fourth-order valence-electron chi connectivity index (χ4n) is 3.38. The van der Waals surface area contributed by atoms with Crippen molar-refractivity contribution in [2.45, 2.75) is 13.5 Å². The van der Waals surface area contributed by atoms with Crippen LogP contribution in [0.4, 0.5) is 23.1 Å². The van der Waals surface area contributed by atoms with Crippen molar-refractivity contribution in [2.24, 2.45) is 0 Å². The molecular weight excluding hydrogens is 434 g/mol. The summed E-state index contributed by atoms with van der Waals surface area (Å²) in [4.78, 5) is 38.3. The molecule has 0 fully saturated rings. The second-order valence-corrected chi connectivity index (χ2v) is 7.31. The Bertz CT molecular complexity index is 1300. The zero-order valence-corrected chi connectivity index (χ0v) is 18.3. The minimum atomic E-state index is -0.585. The molecule has 0 saturated carbocycles. The third-order valence-corrected chi connectivity index (χ3v) is 5.03. The zero-order valence-electron chi connectivity index (χ0n) is 18.3. The van der Waals surface area contributed by atoms with Gasteiger partial charge in [0, 0.05) is 11.8 Å². The minimum Gasteiger partial charge on any atom is -0.301 e. The molecule has 0 bridgehead atoms. The van der Waals surface area contributed by atoms with Gasteiger partial charge >= 0.3 is 5.69 Å². The van der Waals surface area contributed by atoms with Crippen LogP contribution in [0.5, 0.6) is 0 Å². The molecule has 0 radical (unpaired) electrons. The number of anilines is 3. The first-order valence-electron chi connectivity index (χ1n) is 10.4. The van der Waals surface area contributed by atoms with E-state index in [1.54, 1.807) is 54.4 Å². The third kappa shape index (κ3) is 4.96. The van der Waals surface area contributed by atoms with Gasteiger partial charge in [0.25, 0.3) is 5.91 Å². The number of hydrazine groups is 1. The van der Waals surface area contributed by atoms with Crippen molar-refractivity contribution in [3.8, 4) is 0 Å². The predicted octanol–water partition coefficient (Wildman–Crippen LogP) is 4.18. The molecule has 0 saturated heterocycles. The Balaban J connectivity index is 1.70. The van der Waals surface area contributed by atoms with Gasteiger partial charge in [0.15, 0.2) is 0 Å². The number of hydrogen-bond donors (Lipinski definition) is 2. The van der Waals surface area contributed by atoms with Crippen LogP contribution in [-0.2, 0) is 6.54 Å². The minimum absolute atomic E-state index is 0.0372. The summed E-state index contributed by atoms with van der Waals surface area (Å²) in [6.45, 7) is 2.08. The van der Waals surface area contributed by atoms with E-state index in [9.17, 15) is 14.9 Å². The zero-order chi connectivity index (χ0) is 23.9. The number of benzene rings is 2. The number of nitro groups is 1.